The Morgan fingerprint density at radius 2 is 1.41 bits per heavy atom. The van der Waals surface area contributed by atoms with Crippen molar-refractivity contribution in [3.63, 3.8) is 0 Å². The molecule has 0 aliphatic carbocycles. The lowest BCUT2D eigenvalue weighted by Gasteiger charge is -2.07. The van der Waals surface area contributed by atoms with Crippen LogP contribution in [0.2, 0.25) is 0 Å². The normalized spacial score (nSPS) is 9.91. The Morgan fingerprint density at radius 1 is 0.818 bits per heavy atom. The molecule has 0 aliphatic rings. The van der Waals surface area contributed by atoms with E-state index < -0.39 is 0 Å². The molecule has 0 unspecified atom stereocenters. The molecule has 2 aromatic carbocycles. The molecule has 3 rings (SSSR count). The summed E-state index contributed by atoms with van der Waals surface area (Å²) in [6.07, 6.45) is 0. The molecule has 0 fully saturated rings. The van der Waals surface area contributed by atoms with E-state index in [2.05, 4.69) is 12.1 Å². The first-order valence-electron chi connectivity index (χ1n) is 6.73. The van der Waals surface area contributed by atoms with Crippen molar-refractivity contribution in [2.24, 2.45) is 0 Å². The van der Waals surface area contributed by atoms with Crippen LogP contribution < -0.4 is 5.73 Å². The van der Waals surface area contributed by atoms with Gasteiger partial charge in [0, 0.05) is 11.3 Å². The quantitative estimate of drug-likeness (QED) is 0.782. The van der Waals surface area contributed by atoms with Crippen LogP contribution in [0.15, 0.2) is 60.7 Å². The fraction of sp³-hybridized carbons (Fsp3) is 0. The standard InChI is InChI=1S/C18H12N4/c19-11-15-17(13-7-3-1-4-8-13)16(12-20)22(18(15)21)14-9-5-2-6-10-14/h1-10H,21H2. The molecule has 22 heavy (non-hydrogen) atoms. The first-order valence-corrected chi connectivity index (χ1v) is 6.73. The van der Waals surface area contributed by atoms with E-state index >= 15 is 0 Å². The minimum Gasteiger partial charge on any atom is -0.384 e. The second-order valence-corrected chi connectivity index (χ2v) is 4.74. The smallest absolute Gasteiger partial charge is 0.135 e. The van der Waals surface area contributed by atoms with Gasteiger partial charge in [0.25, 0.3) is 0 Å². The Kier molecular flexibility index (Phi) is 3.35. The number of aromatic nitrogens is 1. The van der Waals surface area contributed by atoms with Gasteiger partial charge in [-0.25, -0.2) is 0 Å². The van der Waals surface area contributed by atoms with Gasteiger partial charge in [0.05, 0.1) is 0 Å². The number of para-hydroxylation sites is 1. The van der Waals surface area contributed by atoms with E-state index in [-0.39, 0.29) is 5.82 Å². The fourth-order valence-electron chi connectivity index (χ4n) is 2.54. The molecule has 1 heterocycles. The van der Waals surface area contributed by atoms with Crippen molar-refractivity contribution < 1.29 is 0 Å². The number of rotatable bonds is 2. The summed E-state index contributed by atoms with van der Waals surface area (Å²) in [6.45, 7) is 0. The lowest BCUT2D eigenvalue weighted by atomic mass is 10.0. The number of nitriles is 2. The Balaban J connectivity index is 2.38. The van der Waals surface area contributed by atoms with Gasteiger partial charge in [-0.2, -0.15) is 10.5 Å². The van der Waals surface area contributed by atoms with Crippen LogP contribution in [0.1, 0.15) is 11.3 Å². The van der Waals surface area contributed by atoms with Gasteiger partial charge < -0.3 is 5.73 Å². The highest BCUT2D eigenvalue weighted by atomic mass is 15.1. The summed E-state index contributed by atoms with van der Waals surface area (Å²) in [5.41, 5.74) is 8.98. The molecule has 0 bridgehead atoms. The molecule has 4 nitrogen and oxygen atoms in total. The fourth-order valence-corrected chi connectivity index (χ4v) is 2.54. The van der Waals surface area contributed by atoms with Crippen LogP contribution in [-0.4, -0.2) is 4.57 Å². The third-order valence-corrected chi connectivity index (χ3v) is 3.50. The summed E-state index contributed by atoms with van der Waals surface area (Å²) >= 11 is 0. The molecule has 0 aliphatic heterocycles. The van der Waals surface area contributed by atoms with Gasteiger partial charge >= 0.3 is 0 Å². The number of hydrogen-bond donors (Lipinski definition) is 1. The Hall–Kier alpha value is -3.50. The van der Waals surface area contributed by atoms with Crippen molar-refractivity contribution in [1.82, 2.24) is 4.57 Å². The van der Waals surface area contributed by atoms with Crippen molar-refractivity contribution >= 4 is 5.82 Å². The van der Waals surface area contributed by atoms with E-state index in [0.717, 1.165) is 11.3 Å². The average molecular weight is 284 g/mol. The molecule has 0 atom stereocenters. The van der Waals surface area contributed by atoms with Crippen molar-refractivity contribution in [2.45, 2.75) is 0 Å². The molecule has 104 valence electrons. The lowest BCUT2D eigenvalue weighted by molar-refractivity contribution is 1.06. The molecule has 0 spiro atoms. The zero-order valence-electron chi connectivity index (χ0n) is 11.7. The van der Waals surface area contributed by atoms with Crippen LogP contribution in [0, 0.1) is 22.7 Å². The van der Waals surface area contributed by atoms with Crippen LogP contribution in [0.5, 0.6) is 0 Å². The third-order valence-electron chi connectivity index (χ3n) is 3.50. The van der Waals surface area contributed by atoms with Gasteiger partial charge in [-0.1, -0.05) is 48.5 Å². The Morgan fingerprint density at radius 3 is 1.95 bits per heavy atom. The average Bonchev–Trinajstić information content (AvgIpc) is 2.88. The maximum Gasteiger partial charge on any atom is 0.135 e. The van der Waals surface area contributed by atoms with Crippen LogP contribution in [0.3, 0.4) is 0 Å². The predicted molar refractivity (Wildman–Crippen MR) is 85.0 cm³/mol. The zero-order valence-corrected chi connectivity index (χ0v) is 11.7. The van der Waals surface area contributed by atoms with Gasteiger partial charge in [0.1, 0.15) is 29.2 Å². The molecule has 0 radical (unpaired) electrons. The Labute approximate surface area is 128 Å². The zero-order chi connectivity index (χ0) is 15.5. The number of nitrogen functional groups attached to an aromatic ring is 1. The van der Waals surface area contributed by atoms with E-state index in [1.807, 2.05) is 60.7 Å². The highest BCUT2D eigenvalue weighted by Gasteiger charge is 2.23. The van der Waals surface area contributed by atoms with Gasteiger partial charge in [-0.05, 0) is 17.7 Å². The summed E-state index contributed by atoms with van der Waals surface area (Å²) in [4.78, 5) is 0. The van der Waals surface area contributed by atoms with Crippen LogP contribution in [0.4, 0.5) is 5.82 Å². The molecule has 1 aromatic heterocycles. The van der Waals surface area contributed by atoms with Gasteiger partial charge in [-0.15, -0.1) is 0 Å². The first-order chi connectivity index (χ1) is 10.8. The molecule has 3 aromatic rings. The van der Waals surface area contributed by atoms with Gasteiger partial charge in [-0.3, -0.25) is 4.57 Å². The number of hydrogen-bond acceptors (Lipinski definition) is 3. The second kappa shape index (κ2) is 5.47. The molecule has 2 N–H and O–H groups in total. The van der Waals surface area contributed by atoms with Crippen molar-refractivity contribution in [3.8, 4) is 29.0 Å². The van der Waals surface area contributed by atoms with Gasteiger partial charge in [0.2, 0.25) is 0 Å². The van der Waals surface area contributed by atoms with Crippen LogP contribution >= 0.6 is 0 Å². The minimum atomic E-state index is 0.282. The summed E-state index contributed by atoms with van der Waals surface area (Å²) in [6, 6.07) is 23.0. The maximum atomic E-state index is 9.62. The molecule has 0 amide bonds. The number of anilines is 1. The van der Waals surface area contributed by atoms with Crippen LogP contribution in [-0.2, 0) is 0 Å². The summed E-state index contributed by atoms with van der Waals surface area (Å²) < 4.78 is 1.63. The lowest BCUT2D eigenvalue weighted by Crippen LogP contribution is -2.02. The van der Waals surface area contributed by atoms with Gasteiger partial charge in [0.15, 0.2) is 0 Å². The summed E-state index contributed by atoms with van der Waals surface area (Å²) in [7, 11) is 0. The third kappa shape index (κ3) is 2.00. The molecule has 4 heteroatoms. The highest BCUT2D eigenvalue weighted by molar-refractivity contribution is 5.83. The minimum absolute atomic E-state index is 0.282. The molecular formula is C18H12N4. The van der Waals surface area contributed by atoms with E-state index in [0.29, 0.717) is 16.8 Å². The predicted octanol–water partition coefficient (Wildman–Crippen LogP) is 3.47. The number of nitrogens with zero attached hydrogens (tertiary/aromatic N) is 3. The van der Waals surface area contributed by atoms with E-state index in [1.54, 1.807) is 4.57 Å². The summed E-state index contributed by atoms with van der Waals surface area (Å²) in [5.74, 6) is 0.282. The van der Waals surface area contributed by atoms with E-state index in [4.69, 9.17) is 5.73 Å². The van der Waals surface area contributed by atoms with Crippen molar-refractivity contribution in [2.75, 3.05) is 5.73 Å². The molecular weight excluding hydrogens is 272 g/mol. The summed E-state index contributed by atoms with van der Waals surface area (Å²) in [5, 5.41) is 19.1. The topological polar surface area (TPSA) is 78.5 Å². The largest absolute Gasteiger partial charge is 0.384 e. The molecule has 0 saturated heterocycles. The maximum absolute atomic E-state index is 9.62. The second-order valence-electron chi connectivity index (χ2n) is 4.74. The SMILES string of the molecule is N#Cc1c(-c2ccccc2)c(C#N)n(-c2ccccc2)c1N. The van der Waals surface area contributed by atoms with Crippen LogP contribution in [0.25, 0.3) is 16.8 Å². The number of benzene rings is 2. The first kappa shape index (κ1) is 13.5. The number of nitrogens with two attached hydrogens (primary N) is 1. The van der Waals surface area contributed by atoms with E-state index in [1.165, 1.54) is 0 Å². The Bertz CT molecular complexity index is 894. The molecule has 0 saturated carbocycles. The highest BCUT2D eigenvalue weighted by Crippen LogP contribution is 2.35. The van der Waals surface area contributed by atoms with Crippen molar-refractivity contribution in [1.29, 1.82) is 10.5 Å². The van der Waals surface area contributed by atoms with Crippen molar-refractivity contribution in [3.05, 3.63) is 71.9 Å². The monoisotopic (exact) mass is 284 g/mol. The van der Waals surface area contributed by atoms with E-state index in [9.17, 15) is 10.5 Å².